The van der Waals surface area contributed by atoms with Crippen molar-refractivity contribution in [1.82, 2.24) is 4.57 Å². The number of aryl methyl sites for hydroxylation is 2. The number of benzene rings is 1. The van der Waals surface area contributed by atoms with Crippen molar-refractivity contribution in [2.75, 3.05) is 0 Å². The number of aromatic nitrogens is 1. The number of hydrogen-bond acceptors (Lipinski definition) is 1. The molecule has 3 nitrogen and oxygen atoms in total. The molecule has 72 valence electrons. The molecule has 0 saturated carbocycles. The van der Waals surface area contributed by atoms with Gasteiger partial charge in [-0.25, -0.2) is 0 Å². The van der Waals surface area contributed by atoms with Crippen LogP contribution in [-0.4, -0.2) is 10.5 Å². The third-order valence-corrected chi connectivity index (χ3v) is 2.47. The highest BCUT2D eigenvalue weighted by Gasteiger charge is 2.10. The van der Waals surface area contributed by atoms with Gasteiger partial charge in [0, 0.05) is 18.6 Å². The summed E-state index contributed by atoms with van der Waals surface area (Å²) in [6.07, 6.45) is 2.00. The summed E-state index contributed by atoms with van der Waals surface area (Å²) in [5.41, 5.74) is 7.96. The molecule has 0 spiro atoms. The van der Waals surface area contributed by atoms with E-state index >= 15 is 0 Å². The molecule has 3 heteroatoms. The highest BCUT2D eigenvalue weighted by Crippen LogP contribution is 2.22. The lowest BCUT2D eigenvalue weighted by atomic mass is 10.1. The van der Waals surface area contributed by atoms with Gasteiger partial charge in [-0.15, -0.1) is 0 Å². The number of carbonyl (C=O) groups excluding carboxylic acids is 1. The Labute approximate surface area is 82.1 Å². The predicted molar refractivity (Wildman–Crippen MR) is 56.2 cm³/mol. The van der Waals surface area contributed by atoms with Crippen LogP contribution in [0.15, 0.2) is 24.4 Å². The van der Waals surface area contributed by atoms with E-state index in [0.717, 1.165) is 16.5 Å². The lowest BCUT2D eigenvalue weighted by molar-refractivity contribution is 0.100. The molecule has 0 aliphatic rings. The third-order valence-electron chi connectivity index (χ3n) is 2.47. The maximum Gasteiger partial charge on any atom is 0.250 e. The second-order valence-corrected chi connectivity index (χ2v) is 3.49. The Morgan fingerprint density at radius 2 is 2.14 bits per heavy atom. The van der Waals surface area contributed by atoms with E-state index < -0.39 is 0 Å². The number of fused-ring (bicyclic) bond motifs is 1. The van der Waals surface area contributed by atoms with Crippen molar-refractivity contribution in [3.05, 3.63) is 35.5 Å². The van der Waals surface area contributed by atoms with Crippen LogP contribution < -0.4 is 5.73 Å². The second-order valence-electron chi connectivity index (χ2n) is 3.49. The van der Waals surface area contributed by atoms with Crippen LogP contribution in [0.3, 0.4) is 0 Å². The first-order valence-corrected chi connectivity index (χ1v) is 4.45. The van der Waals surface area contributed by atoms with Gasteiger partial charge in [-0.1, -0.05) is 12.1 Å². The zero-order valence-electron chi connectivity index (χ0n) is 8.24. The van der Waals surface area contributed by atoms with E-state index in [-0.39, 0.29) is 5.91 Å². The van der Waals surface area contributed by atoms with E-state index in [4.69, 9.17) is 5.73 Å². The Hall–Kier alpha value is -1.77. The number of nitrogens with two attached hydrogens (primary N) is 1. The summed E-state index contributed by atoms with van der Waals surface area (Å²) in [7, 11) is 1.92. The van der Waals surface area contributed by atoms with Gasteiger partial charge < -0.3 is 10.3 Å². The molecule has 0 unspecified atom stereocenters. The van der Waals surface area contributed by atoms with Gasteiger partial charge in [0.1, 0.15) is 0 Å². The minimum atomic E-state index is -0.378. The molecule has 0 bridgehead atoms. The quantitative estimate of drug-likeness (QED) is 0.725. The van der Waals surface area contributed by atoms with E-state index in [2.05, 4.69) is 0 Å². The lowest BCUT2D eigenvalue weighted by Crippen LogP contribution is -2.12. The Bertz CT molecular complexity index is 511. The SMILES string of the molecule is Cc1cn(C)c2c(C(N)=O)cccc12. The Morgan fingerprint density at radius 3 is 2.79 bits per heavy atom. The topological polar surface area (TPSA) is 48.0 Å². The molecule has 0 atom stereocenters. The van der Waals surface area contributed by atoms with Gasteiger partial charge in [0.15, 0.2) is 0 Å². The zero-order valence-corrected chi connectivity index (χ0v) is 8.24. The molecule has 0 aliphatic carbocycles. The summed E-state index contributed by atoms with van der Waals surface area (Å²) < 4.78 is 1.94. The minimum Gasteiger partial charge on any atom is -0.366 e. The second kappa shape index (κ2) is 2.87. The molecular formula is C11H12N2O. The smallest absolute Gasteiger partial charge is 0.250 e. The normalized spacial score (nSPS) is 10.7. The average Bonchev–Trinajstić information content (AvgIpc) is 2.43. The first kappa shape index (κ1) is 8.81. The van der Waals surface area contributed by atoms with Crippen LogP contribution in [0.25, 0.3) is 10.9 Å². The fraction of sp³-hybridized carbons (Fsp3) is 0.182. The molecule has 1 amide bonds. The molecule has 0 radical (unpaired) electrons. The summed E-state index contributed by atoms with van der Waals surface area (Å²) in [6, 6.07) is 5.61. The van der Waals surface area contributed by atoms with Crippen LogP contribution in [0, 0.1) is 6.92 Å². The van der Waals surface area contributed by atoms with Crippen molar-refractivity contribution < 1.29 is 4.79 Å². The summed E-state index contributed by atoms with van der Waals surface area (Å²) in [5.74, 6) is -0.378. The lowest BCUT2D eigenvalue weighted by Gasteiger charge is -2.01. The molecule has 0 aliphatic heterocycles. The number of nitrogens with zero attached hydrogens (tertiary/aromatic N) is 1. The Morgan fingerprint density at radius 1 is 1.43 bits per heavy atom. The van der Waals surface area contributed by atoms with Crippen LogP contribution >= 0.6 is 0 Å². The van der Waals surface area contributed by atoms with Gasteiger partial charge in [0.05, 0.1) is 11.1 Å². The molecule has 2 rings (SSSR count). The van der Waals surface area contributed by atoms with E-state index in [1.807, 2.05) is 36.9 Å². The summed E-state index contributed by atoms with van der Waals surface area (Å²) in [4.78, 5) is 11.2. The number of primary amides is 1. The van der Waals surface area contributed by atoms with Gasteiger partial charge in [-0.2, -0.15) is 0 Å². The molecule has 2 N–H and O–H groups in total. The average molecular weight is 188 g/mol. The van der Waals surface area contributed by atoms with E-state index in [1.54, 1.807) is 6.07 Å². The van der Waals surface area contributed by atoms with Gasteiger partial charge in [-0.05, 0) is 18.6 Å². The fourth-order valence-corrected chi connectivity index (χ4v) is 1.87. The molecular weight excluding hydrogens is 176 g/mol. The third kappa shape index (κ3) is 1.09. The number of carbonyl (C=O) groups is 1. The van der Waals surface area contributed by atoms with Crippen LogP contribution in [0.2, 0.25) is 0 Å². The molecule has 0 fully saturated rings. The Balaban J connectivity index is 2.92. The largest absolute Gasteiger partial charge is 0.366 e. The van der Waals surface area contributed by atoms with E-state index in [1.165, 1.54) is 0 Å². The van der Waals surface area contributed by atoms with Gasteiger partial charge in [-0.3, -0.25) is 4.79 Å². The van der Waals surface area contributed by atoms with Crippen molar-refractivity contribution >= 4 is 16.8 Å². The maximum atomic E-state index is 11.2. The molecule has 14 heavy (non-hydrogen) atoms. The van der Waals surface area contributed by atoms with Crippen LogP contribution in [0.1, 0.15) is 15.9 Å². The van der Waals surface area contributed by atoms with E-state index in [9.17, 15) is 4.79 Å². The first-order valence-electron chi connectivity index (χ1n) is 4.45. The fourth-order valence-electron chi connectivity index (χ4n) is 1.87. The number of para-hydroxylation sites is 1. The number of hydrogen-bond donors (Lipinski definition) is 1. The van der Waals surface area contributed by atoms with E-state index in [0.29, 0.717) is 5.56 Å². The summed E-state index contributed by atoms with van der Waals surface area (Å²) in [5, 5.41) is 1.09. The molecule has 1 aromatic heterocycles. The standard InChI is InChI=1S/C11H12N2O/c1-7-6-13(2)10-8(7)4-3-5-9(10)11(12)14/h3-6H,1-2H3,(H2,12,14). The van der Waals surface area contributed by atoms with Gasteiger partial charge in [0.2, 0.25) is 0 Å². The van der Waals surface area contributed by atoms with Crippen LogP contribution in [0.4, 0.5) is 0 Å². The minimum absolute atomic E-state index is 0.378. The molecule has 1 aromatic carbocycles. The van der Waals surface area contributed by atoms with Crippen LogP contribution in [-0.2, 0) is 7.05 Å². The molecule has 0 saturated heterocycles. The van der Waals surface area contributed by atoms with Crippen molar-refractivity contribution in [3.63, 3.8) is 0 Å². The molecule has 1 heterocycles. The summed E-state index contributed by atoms with van der Waals surface area (Å²) in [6.45, 7) is 2.02. The van der Waals surface area contributed by atoms with Crippen molar-refractivity contribution in [3.8, 4) is 0 Å². The molecule has 2 aromatic rings. The zero-order chi connectivity index (χ0) is 10.3. The predicted octanol–water partition coefficient (Wildman–Crippen LogP) is 1.59. The highest BCUT2D eigenvalue weighted by atomic mass is 16.1. The van der Waals surface area contributed by atoms with Gasteiger partial charge >= 0.3 is 0 Å². The number of amides is 1. The monoisotopic (exact) mass is 188 g/mol. The van der Waals surface area contributed by atoms with Crippen molar-refractivity contribution in [2.24, 2.45) is 12.8 Å². The first-order chi connectivity index (χ1) is 6.61. The van der Waals surface area contributed by atoms with Gasteiger partial charge in [0.25, 0.3) is 5.91 Å². The maximum absolute atomic E-state index is 11.2. The number of rotatable bonds is 1. The highest BCUT2D eigenvalue weighted by molar-refractivity contribution is 6.05. The summed E-state index contributed by atoms with van der Waals surface area (Å²) >= 11 is 0. The van der Waals surface area contributed by atoms with Crippen LogP contribution in [0.5, 0.6) is 0 Å². The van der Waals surface area contributed by atoms with Crippen molar-refractivity contribution in [1.29, 1.82) is 0 Å². The van der Waals surface area contributed by atoms with Crippen molar-refractivity contribution in [2.45, 2.75) is 6.92 Å². The Kier molecular flexibility index (Phi) is 1.81.